The molecule has 2 atom stereocenters. The zero-order valence-electron chi connectivity index (χ0n) is 14.0. The summed E-state index contributed by atoms with van der Waals surface area (Å²) in [6.45, 7) is 0.995. The average molecular weight is 330 g/mol. The van der Waals surface area contributed by atoms with Gasteiger partial charge in [0, 0.05) is 37.2 Å². The van der Waals surface area contributed by atoms with Crippen molar-refractivity contribution in [3.8, 4) is 0 Å². The quantitative estimate of drug-likeness (QED) is 0.841. The number of hydrogen-bond acceptors (Lipinski definition) is 3. The second-order valence-electron chi connectivity index (χ2n) is 6.84. The van der Waals surface area contributed by atoms with Crippen molar-refractivity contribution >= 4 is 17.5 Å². The Morgan fingerprint density at radius 2 is 2.12 bits per heavy atom. The van der Waals surface area contributed by atoms with E-state index < -0.39 is 0 Å². The Morgan fingerprint density at radius 1 is 1.29 bits per heavy atom. The van der Waals surface area contributed by atoms with Crippen LogP contribution in [0.4, 0.5) is 5.69 Å². The summed E-state index contributed by atoms with van der Waals surface area (Å²) in [5.74, 6) is 0.0594. The first-order chi connectivity index (χ1) is 11.7. The van der Waals surface area contributed by atoms with Crippen molar-refractivity contribution in [2.45, 2.75) is 51.0 Å². The van der Waals surface area contributed by atoms with Gasteiger partial charge in [0.15, 0.2) is 0 Å². The fourth-order valence-corrected chi connectivity index (χ4v) is 3.88. The molecule has 5 heteroatoms. The molecule has 0 saturated carbocycles. The van der Waals surface area contributed by atoms with Crippen molar-refractivity contribution in [2.75, 3.05) is 18.5 Å². The molecule has 2 heterocycles. The van der Waals surface area contributed by atoms with Gasteiger partial charge in [-0.15, -0.1) is 0 Å². The lowest BCUT2D eigenvalue weighted by Crippen LogP contribution is -2.37. The number of carbonyl (C=O) groups is 2. The van der Waals surface area contributed by atoms with E-state index in [0.29, 0.717) is 19.3 Å². The number of amides is 2. The molecule has 2 unspecified atom stereocenters. The van der Waals surface area contributed by atoms with Crippen LogP contribution in [-0.2, 0) is 16.0 Å². The molecular formula is C19H26N2O3. The molecule has 24 heavy (non-hydrogen) atoms. The Balaban J connectivity index is 1.54. The predicted molar refractivity (Wildman–Crippen MR) is 92.6 cm³/mol. The number of nitrogens with zero attached hydrogens (tertiary/aromatic N) is 1. The lowest BCUT2D eigenvalue weighted by molar-refractivity contribution is -0.132. The summed E-state index contributed by atoms with van der Waals surface area (Å²) in [5, 5.41) is 11.9. The lowest BCUT2D eigenvalue weighted by Gasteiger charge is -2.27. The zero-order valence-corrected chi connectivity index (χ0v) is 14.0. The van der Waals surface area contributed by atoms with Gasteiger partial charge in [-0.1, -0.05) is 18.2 Å². The molecule has 3 rings (SSSR count). The number of aliphatic hydroxyl groups is 1. The molecule has 0 radical (unpaired) electrons. The molecule has 2 aliphatic rings. The summed E-state index contributed by atoms with van der Waals surface area (Å²) < 4.78 is 0. The van der Waals surface area contributed by atoms with E-state index in [1.807, 2.05) is 29.2 Å². The van der Waals surface area contributed by atoms with Crippen molar-refractivity contribution in [2.24, 2.45) is 5.92 Å². The van der Waals surface area contributed by atoms with Crippen LogP contribution in [0.1, 0.15) is 44.1 Å². The molecule has 0 spiro atoms. The lowest BCUT2D eigenvalue weighted by atomic mass is 9.89. The highest BCUT2D eigenvalue weighted by atomic mass is 16.3. The third-order valence-electron chi connectivity index (χ3n) is 5.21. The second-order valence-corrected chi connectivity index (χ2v) is 6.84. The van der Waals surface area contributed by atoms with Crippen molar-refractivity contribution in [1.29, 1.82) is 0 Å². The third kappa shape index (κ3) is 3.78. The van der Waals surface area contributed by atoms with Crippen LogP contribution in [-0.4, -0.2) is 41.0 Å². The molecule has 1 aromatic carbocycles. The minimum Gasteiger partial charge on any atom is -0.396 e. The fraction of sp³-hybridized carbons (Fsp3) is 0.579. The van der Waals surface area contributed by atoms with E-state index in [1.54, 1.807) is 0 Å². The number of anilines is 1. The van der Waals surface area contributed by atoms with E-state index >= 15 is 0 Å². The summed E-state index contributed by atoms with van der Waals surface area (Å²) in [5.41, 5.74) is 2.05. The van der Waals surface area contributed by atoms with Crippen LogP contribution >= 0.6 is 0 Å². The molecule has 5 nitrogen and oxygen atoms in total. The third-order valence-corrected chi connectivity index (χ3v) is 5.21. The molecule has 0 aliphatic carbocycles. The van der Waals surface area contributed by atoms with Crippen LogP contribution in [0.15, 0.2) is 24.3 Å². The van der Waals surface area contributed by atoms with Gasteiger partial charge in [-0.2, -0.15) is 0 Å². The molecular weight excluding hydrogens is 304 g/mol. The maximum absolute atomic E-state index is 12.5. The topological polar surface area (TPSA) is 69.6 Å². The van der Waals surface area contributed by atoms with Gasteiger partial charge in [0.1, 0.15) is 0 Å². The highest BCUT2D eigenvalue weighted by molar-refractivity contribution is 5.96. The number of fused-ring (bicyclic) bond motifs is 1. The van der Waals surface area contributed by atoms with E-state index in [4.69, 9.17) is 5.11 Å². The van der Waals surface area contributed by atoms with Crippen LogP contribution in [0.3, 0.4) is 0 Å². The summed E-state index contributed by atoms with van der Waals surface area (Å²) in [6, 6.07) is 8.13. The highest BCUT2D eigenvalue weighted by Crippen LogP contribution is 2.28. The van der Waals surface area contributed by atoms with E-state index in [-0.39, 0.29) is 30.4 Å². The Bertz CT molecular complexity index is 602. The van der Waals surface area contributed by atoms with E-state index in [9.17, 15) is 9.59 Å². The van der Waals surface area contributed by atoms with Gasteiger partial charge in [0.25, 0.3) is 0 Å². The van der Waals surface area contributed by atoms with E-state index in [1.165, 1.54) is 0 Å². The van der Waals surface area contributed by atoms with Gasteiger partial charge in [-0.05, 0) is 50.2 Å². The molecule has 2 aliphatic heterocycles. The maximum Gasteiger partial charge on any atom is 0.227 e. The number of nitrogens with one attached hydrogen (secondary N) is 1. The molecule has 0 bridgehead atoms. The Kier molecular flexibility index (Phi) is 5.51. The smallest absolute Gasteiger partial charge is 0.227 e. The first-order valence-electron chi connectivity index (χ1n) is 8.98. The van der Waals surface area contributed by atoms with Crippen LogP contribution in [0.2, 0.25) is 0 Å². The highest BCUT2D eigenvalue weighted by Gasteiger charge is 2.30. The van der Waals surface area contributed by atoms with Crippen molar-refractivity contribution in [3.05, 3.63) is 29.8 Å². The SMILES string of the molecule is O=C1Nc2ccccc2CC1CCC(=O)N1CCCC1CCCO. The standard InChI is InChI=1S/C19H26N2O3/c22-12-4-7-16-6-3-11-21(16)18(23)10-9-15-13-14-5-1-2-8-17(14)20-19(15)24/h1-2,5,8,15-16,22H,3-4,6-7,9-13H2,(H,20,24). The number of likely N-dealkylation sites (tertiary alicyclic amines) is 1. The van der Waals surface area contributed by atoms with Gasteiger partial charge in [-0.3, -0.25) is 9.59 Å². The first-order valence-corrected chi connectivity index (χ1v) is 8.98. The summed E-state index contributed by atoms with van der Waals surface area (Å²) in [7, 11) is 0. The number of para-hydroxylation sites is 1. The largest absolute Gasteiger partial charge is 0.396 e. The first kappa shape index (κ1) is 17.0. The zero-order chi connectivity index (χ0) is 16.9. The average Bonchev–Trinajstić information content (AvgIpc) is 3.06. The monoisotopic (exact) mass is 330 g/mol. The van der Waals surface area contributed by atoms with Gasteiger partial charge in [0.05, 0.1) is 0 Å². The van der Waals surface area contributed by atoms with Crippen LogP contribution < -0.4 is 5.32 Å². The maximum atomic E-state index is 12.5. The Labute approximate surface area is 143 Å². The number of aliphatic hydroxyl groups excluding tert-OH is 1. The molecule has 130 valence electrons. The Morgan fingerprint density at radius 3 is 2.96 bits per heavy atom. The molecule has 1 aromatic rings. The van der Waals surface area contributed by atoms with Crippen molar-refractivity contribution in [3.63, 3.8) is 0 Å². The summed E-state index contributed by atoms with van der Waals surface area (Å²) in [6.07, 6.45) is 5.43. The molecule has 0 aromatic heterocycles. The summed E-state index contributed by atoms with van der Waals surface area (Å²) in [4.78, 5) is 26.7. The molecule has 1 saturated heterocycles. The van der Waals surface area contributed by atoms with Gasteiger partial charge < -0.3 is 15.3 Å². The normalized spacial score (nSPS) is 23.0. The van der Waals surface area contributed by atoms with Gasteiger partial charge in [-0.25, -0.2) is 0 Å². The number of benzene rings is 1. The summed E-state index contributed by atoms with van der Waals surface area (Å²) >= 11 is 0. The number of rotatable bonds is 6. The predicted octanol–water partition coefficient (Wildman–Crippen LogP) is 2.34. The Hall–Kier alpha value is -1.88. The molecule has 2 amide bonds. The van der Waals surface area contributed by atoms with Crippen LogP contribution in [0.5, 0.6) is 0 Å². The number of carbonyl (C=O) groups excluding carboxylic acids is 2. The van der Waals surface area contributed by atoms with E-state index in [0.717, 1.165) is 43.5 Å². The number of hydrogen-bond donors (Lipinski definition) is 2. The van der Waals surface area contributed by atoms with E-state index in [2.05, 4.69) is 5.32 Å². The molecule has 1 fully saturated rings. The van der Waals surface area contributed by atoms with Crippen molar-refractivity contribution < 1.29 is 14.7 Å². The minimum absolute atomic E-state index is 0.0275. The second kappa shape index (κ2) is 7.79. The van der Waals surface area contributed by atoms with Crippen LogP contribution in [0, 0.1) is 5.92 Å². The van der Waals surface area contributed by atoms with Gasteiger partial charge in [0.2, 0.25) is 11.8 Å². The fourth-order valence-electron chi connectivity index (χ4n) is 3.88. The van der Waals surface area contributed by atoms with Crippen LogP contribution in [0.25, 0.3) is 0 Å². The minimum atomic E-state index is -0.123. The van der Waals surface area contributed by atoms with Crippen molar-refractivity contribution in [1.82, 2.24) is 4.90 Å². The van der Waals surface area contributed by atoms with Gasteiger partial charge >= 0.3 is 0 Å². The molecule has 2 N–H and O–H groups in total.